The largest absolute Gasteiger partial charge is 0.478 e. The van der Waals surface area contributed by atoms with Crippen LogP contribution in [-0.4, -0.2) is 11.1 Å². The molecule has 0 aliphatic heterocycles. The summed E-state index contributed by atoms with van der Waals surface area (Å²) in [7, 11) is 0. The van der Waals surface area contributed by atoms with E-state index in [0.29, 0.717) is 5.56 Å². The highest BCUT2D eigenvalue weighted by Crippen LogP contribution is 2.16. The molecule has 0 bridgehead atoms. The van der Waals surface area contributed by atoms with Crippen LogP contribution in [0.15, 0.2) is 18.2 Å². The molecular weight excluding hydrogens is 296 g/mol. The number of aromatic carboxylic acids is 1. The van der Waals surface area contributed by atoms with E-state index < -0.39 is 5.97 Å². The van der Waals surface area contributed by atoms with Crippen LogP contribution in [0.2, 0.25) is 0 Å². The van der Waals surface area contributed by atoms with E-state index in [1.807, 2.05) is 12.1 Å². The Balaban J connectivity index is 2.02. The van der Waals surface area contributed by atoms with E-state index in [1.165, 1.54) is 88.2 Å². The van der Waals surface area contributed by atoms with Crippen molar-refractivity contribution in [1.29, 1.82) is 0 Å². The first-order valence-corrected chi connectivity index (χ1v) is 9.98. The minimum Gasteiger partial charge on any atom is -0.478 e. The van der Waals surface area contributed by atoms with Gasteiger partial charge < -0.3 is 5.11 Å². The fourth-order valence-corrected chi connectivity index (χ4v) is 3.23. The second kappa shape index (κ2) is 13.0. The van der Waals surface area contributed by atoms with Crippen molar-refractivity contribution in [3.8, 4) is 0 Å². The highest BCUT2D eigenvalue weighted by Gasteiger charge is 2.06. The Morgan fingerprint density at radius 3 is 1.83 bits per heavy atom. The van der Waals surface area contributed by atoms with Crippen LogP contribution in [0.25, 0.3) is 0 Å². The van der Waals surface area contributed by atoms with Gasteiger partial charge in [-0.3, -0.25) is 0 Å². The molecule has 0 fully saturated rings. The van der Waals surface area contributed by atoms with Gasteiger partial charge in [-0.2, -0.15) is 0 Å². The maximum Gasteiger partial charge on any atom is 0.335 e. The molecular formula is C22H36O2. The van der Waals surface area contributed by atoms with Crippen LogP contribution in [0, 0.1) is 6.92 Å². The van der Waals surface area contributed by atoms with Crippen molar-refractivity contribution >= 4 is 5.97 Å². The van der Waals surface area contributed by atoms with Gasteiger partial charge in [0.2, 0.25) is 0 Å². The number of rotatable bonds is 14. The monoisotopic (exact) mass is 332 g/mol. The van der Waals surface area contributed by atoms with Gasteiger partial charge in [-0.1, -0.05) is 83.6 Å². The van der Waals surface area contributed by atoms with E-state index in [9.17, 15) is 4.79 Å². The zero-order valence-electron chi connectivity index (χ0n) is 15.8. The Labute approximate surface area is 148 Å². The molecule has 1 rings (SSSR count). The van der Waals surface area contributed by atoms with Crippen LogP contribution in [0.5, 0.6) is 0 Å². The summed E-state index contributed by atoms with van der Waals surface area (Å²) in [6, 6.07) is 5.47. The molecule has 0 radical (unpaired) electrons. The van der Waals surface area contributed by atoms with E-state index in [0.717, 1.165) is 6.42 Å². The summed E-state index contributed by atoms with van der Waals surface area (Å²) in [6.07, 6.45) is 17.3. The molecule has 24 heavy (non-hydrogen) atoms. The molecule has 1 N–H and O–H groups in total. The summed E-state index contributed by atoms with van der Waals surface area (Å²) in [5, 5.41) is 9.07. The maximum absolute atomic E-state index is 11.0. The van der Waals surface area contributed by atoms with Crippen LogP contribution >= 0.6 is 0 Å². The maximum atomic E-state index is 11.0. The van der Waals surface area contributed by atoms with Crippen molar-refractivity contribution in [2.45, 2.75) is 97.3 Å². The van der Waals surface area contributed by atoms with Gasteiger partial charge in [-0.05, 0) is 43.0 Å². The van der Waals surface area contributed by atoms with Gasteiger partial charge in [0.25, 0.3) is 0 Å². The molecule has 0 aromatic heterocycles. The smallest absolute Gasteiger partial charge is 0.335 e. The van der Waals surface area contributed by atoms with Gasteiger partial charge in [0.15, 0.2) is 0 Å². The van der Waals surface area contributed by atoms with Crippen molar-refractivity contribution < 1.29 is 9.90 Å². The van der Waals surface area contributed by atoms with Gasteiger partial charge in [0.05, 0.1) is 5.56 Å². The van der Waals surface area contributed by atoms with Gasteiger partial charge in [-0.15, -0.1) is 0 Å². The zero-order valence-corrected chi connectivity index (χ0v) is 15.8. The Hall–Kier alpha value is -1.31. The summed E-state index contributed by atoms with van der Waals surface area (Å²) in [4.78, 5) is 11.0. The van der Waals surface area contributed by atoms with Crippen molar-refractivity contribution in [1.82, 2.24) is 0 Å². The number of hydrogen-bond donors (Lipinski definition) is 1. The standard InChI is InChI=1S/C22H36O2/c1-3-4-5-6-7-8-9-10-11-12-13-14-15-20-18-21(22(23)24)17-16-19(20)2/h16-18H,3-15H2,1-2H3,(H,23,24). The minimum absolute atomic E-state index is 0.412. The minimum atomic E-state index is -0.828. The summed E-state index contributed by atoms with van der Waals surface area (Å²) in [5.74, 6) is -0.828. The number of aryl methyl sites for hydroxylation is 2. The molecule has 0 spiro atoms. The van der Waals surface area contributed by atoms with Gasteiger partial charge >= 0.3 is 5.97 Å². The van der Waals surface area contributed by atoms with Crippen molar-refractivity contribution in [3.63, 3.8) is 0 Å². The number of carbonyl (C=O) groups is 1. The molecule has 0 unspecified atom stereocenters. The van der Waals surface area contributed by atoms with Gasteiger partial charge in [0, 0.05) is 0 Å². The quantitative estimate of drug-likeness (QED) is 0.375. The molecule has 2 heteroatoms. The molecule has 0 atom stereocenters. The Bertz CT molecular complexity index is 465. The zero-order chi connectivity index (χ0) is 17.6. The van der Waals surface area contributed by atoms with Gasteiger partial charge in [-0.25, -0.2) is 4.79 Å². The van der Waals surface area contributed by atoms with E-state index in [4.69, 9.17) is 5.11 Å². The van der Waals surface area contributed by atoms with Crippen LogP contribution in [0.1, 0.15) is 105 Å². The second-order valence-electron chi connectivity index (χ2n) is 7.09. The number of carboxylic acid groups (broad SMARTS) is 1. The van der Waals surface area contributed by atoms with Crippen LogP contribution < -0.4 is 0 Å². The SMILES string of the molecule is CCCCCCCCCCCCCCc1cc(C(=O)O)ccc1C. The molecule has 0 heterocycles. The lowest BCUT2D eigenvalue weighted by Gasteiger charge is -2.07. The number of carboxylic acids is 1. The molecule has 0 saturated heterocycles. The van der Waals surface area contributed by atoms with Crippen LogP contribution in [0.4, 0.5) is 0 Å². The number of hydrogen-bond acceptors (Lipinski definition) is 1. The number of benzene rings is 1. The molecule has 136 valence electrons. The molecule has 2 nitrogen and oxygen atoms in total. The average Bonchev–Trinajstić information content (AvgIpc) is 2.57. The predicted molar refractivity (Wildman–Crippen MR) is 103 cm³/mol. The first kappa shape index (κ1) is 20.7. The highest BCUT2D eigenvalue weighted by molar-refractivity contribution is 5.87. The fraction of sp³-hybridized carbons (Fsp3) is 0.682. The van der Waals surface area contributed by atoms with Crippen molar-refractivity contribution in [3.05, 3.63) is 34.9 Å². The third-order valence-electron chi connectivity index (χ3n) is 4.90. The Morgan fingerprint density at radius 1 is 0.833 bits per heavy atom. The van der Waals surface area contributed by atoms with E-state index in [-0.39, 0.29) is 0 Å². The van der Waals surface area contributed by atoms with Crippen molar-refractivity contribution in [2.75, 3.05) is 0 Å². The Morgan fingerprint density at radius 2 is 1.33 bits per heavy atom. The number of unbranched alkanes of at least 4 members (excludes halogenated alkanes) is 11. The summed E-state index contributed by atoms with van der Waals surface area (Å²) >= 11 is 0. The molecule has 0 amide bonds. The second-order valence-corrected chi connectivity index (χ2v) is 7.09. The van der Waals surface area contributed by atoms with E-state index in [2.05, 4.69) is 13.8 Å². The first-order chi connectivity index (χ1) is 11.6. The third kappa shape index (κ3) is 9.10. The molecule has 1 aromatic rings. The fourth-order valence-electron chi connectivity index (χ4n) is 3.23. The third-order valence-corrected chi connectivity index (χ3v) is 4.90. The Kier molecular flexibility index (Phi) is 11.3. The first-order valence-electron chi connectivity index (χ1n) is 9.98. The highest BCUT2D eigenvalue weighted by atomic mass is 16.4. The summed E-state index contributed by atoms with van der Waals surface area (Å²) < 4.78 is 0. The molecule has 0 saturated carbocycles. The normalized spacial score (nSPS) is 10.9. The predicted octanol–water partition coefficient (Wildman–Crippen LogP) is 6.94. The lowest BCUT2D eigenvalue weighted by atomic mass is 9.98. The molecule has 0 aliphatic carbocycles. The van der Waals surface area contributed by atoms with E-state index >= 15 is 0 Å². The summed E-state index contributed by atoms with van der Waals surface area (Å²) in [6.45, 7) is 4.34. The summed E-state index contributed by atoms with van der Waals surface area (Å²) in [5.41, 5.74) is 2.82. The topological polar surface area (TPSA) is 37.3 Å². The van der Waals surface area contributed by atoms with Crippen molar-refractivity contribution in [2.24, 2.45) is 0 Å². The lowest BCUT2D eigenvalue weighted by molar-refractivity contribution is 0.0696. The van der Waals surface area contributed by atoms with E-state index in [1.54, 1.807) is 6.07 Å². The van der Waals surface area contributed by atoms with Crippen LogP contribution in [-0.2, 0) is 6.42 Å². The van der Waals surface area contributed by atoms with Gasteiger partial charge in [0.1, 0.15) is 0 Å². The molecule has 0 aliphatic rings. The lowest BCUT2D eigenvalue weighted by Crippen LogP contribution is -1.99. The van der Waals surface area contributed by atoms with Crippen LogP contribution in [0.3, 0.4) is 0 Å². The molecule has 1 aromatic carbocycles. The average molecular weight is 333 g/mol.